The molecule has 0 aliphatic carbocycles. The SMILES string of the molecule is COc1cc(/C=C2\SC(=S)N(c3cccc(C(=O)O)c3)C2=O)ccc1OCc1cccc2ccccc12. The van der Waals surface area contributed by atoms with Gasteiger partial charge in [0.2, 0.25) is 0 Å². The maximum Gasteiger partial charge on any atom is 0.335 e. The molecule has 1 heterocycles. The Balaban J connectivity index is 1.36. The number of nitrogens with zero attached hydrogens (tertiary/aromatic N) is 1. The summed E-state index contributed by atoms with van der Waals surface area (Å²) in [5.41, 5.74) is 2.31. The topological polar surface area (TPSA) is 76.1 Å². The molecule has 8 heteroatoms. The summed E-state index contributed by atoms with van der Waals surface area (Å²) in [6.07, 6.45) is 1.73. The van der Waals surface area contributed by atoms with E-state index in [0.717, 1.165) is 33.7 Å². The Morgan fingerprint density at radius 3 is 2.59 bits per heavy atom. The summed E-state index contributed by atoms with van der Waals surface area (Å²) in [6, 6.07) is 25.9. The maximum absolute atomic E-state index is 13.1. The zero-order valence-corrected chi connectivity index (χ0v) is 21.3. The molecule has 5 rings (SSSR count). The van der Waals surface area contributed by atoms with Gasteiger partial charge in [0.25, 0.3) is 5.91 Å². The summed E-state index contributed by atoms with van der Waals surface area (Å²) in [5, 5.41) is 11.6. The van der Waals surface area contributed by atoms with Gasteiger partial charge in [-0.05, 0) is 58.3 Å². The predicted octanol–water partition coefficient (Wildman–Crippen LogP) is 6.53. The van der Waals surface area contributed by atoms with Gasteiger partial charge in [-0.15, -0.1) is 0 Å². The number of amides is 1. The number of carbonyl (C=O) groups excluding carboxylic acids is 1. The van der Waals surface area contributed by atoms with Gasteiger partial charge < -0.3 is 14.6 Å². The fraction of sp³-hybridized carbons (Fsp3) is 0.0690. The quantitative estimate of drug-likeness (QED) is 0.216. The predicted molar refractivity (Wildman–Crippen MR) is 150 cm³/mol. The van der Waals surface area contributed by atoms with Crippen molar-refractivity contribution in [3.8, 4) is 11.5 Å². The third-order valence-electron chi connectivity index (χ3n) is 5.89. The van der Waals surface area contributed by atoms with Gasteiger partial charge in [0.15, 0.2) is 15.8 Å². The first kappa shape index (κ1) is 24.5. The van der Waals surface area contributed by atoms with Crippen LogP contribution in [0.25, 0.3) is 16.8 Å². The first-order valence-electron chi connectivity index (χ1n) is 11.3. The van der Waals surface area contributed by atoms with Gasteiger partial charge in [0.1, 0.15) is 6.61 Å². The zero-order chi connectivity index (χ0) is 25.9. The highest BCUT2D eigenvalue weighted by atomic mass is 32.2. The van der Waals surface area contributed by atoms with Crippen LogP contribution in [0.5, 0.6) is 11.5 Å². The Hall–Kier alpha value is -4.14. The molecule has 1 N–H and O–H groups in total. The molecule has 0 spiro atoms. The highest BCUT2D eigenvalue weighted by Gasteiger charge is 2.33. The van der Waals surface area contributed by atoms with Crippen LogP contribution < -0.4 is 14.4 Å². The Bertz CT molecular complexity index is 1570. The number of rotatable bonds is 7. The largest absolute Gasteiger partial charge is 0.493 e. The summed E-state index contributed by atoms with van der Waals surface area (Å²) in [7, 11) is 1.57. The number of carboxylic acid groups (broad SMARTS) is 1. The Labute approximate surface area is 223 Å². The molecule has 184 valence electrons. The number of methoxy groups -OCH3 is 1. The molecule has 1 aliphatic heterocycles. The summed E-state index contributed by atoms with van der Waals surface area (Å²) in [5.74, 6) is -0.255. The molecule has 37 heavy (non-hydrogen) atoms. The molecule has 4 aromatic carbocycles. The monoisotopic (exact) mass is 527 g/mol. The van der Waals surface area contributed by atoms with E-state index in [1.54, 1.807) is 31.4 Å². The van der Waals surface area contributed by atoms with Gasteiger partial charge in [-0.3, -0.25) is 9.69 Å². The second kappa shape index (κ2) is 10.5. The first-order chi connectivity index (χ1) is 17.9. The van der Waals surface area contributed by atoms with Crippen molar-refractivity contribution >= 4 is 62.7 Å². The van der Waals surface area contributed by atoms with Crippen LogP contribution in [-0.4, -0.2) is 28.4 Å². The van der Waals surface area contributed by atoms with E-state index in [9.17, 15) is 14.7 Å². The van der Waals surface area contributed by atoms with E-state index in [4.69, 9.17) is 21.7 Å². The lowest BCUT2D eigenvalue weighted by Gasteiger charge is -2.15. The van der Waals surface area contributed by atoms with Gasteiger partial charge in [-0.1, -0.05) is 78.6 Å². The second-order valence-corrected chi connectivity index (χ2v) is 9.89. The molecule has 0 atom stereocenters. The minimum Gasteiger partial charge on any atom is -0.493 e. The maximum atomic E-state index is 13.1. The third-order valence-corrected chi connectivity index (χ3v) is 7.20. The molecule has 1 saturated heterocycles. The van der Waals surface area contributed by atoms with Crippen molar-refractivity contribution in [2.75, 3.05) is 12.0 Å². The molecule has 1 fully saturated rings. The summed E-state index contributed by atoms with van der Waals surface area (Å²) >= 11 is 6.58. The number of aromatic carboxylic acids is 1. The number of carboxylic acids is 1. The molecule has 0 unspecified atom stereocenters. The molecule has 1 aliphatic rings. The standard InChI is InChI=1S/C29H21NO5S2/c1-34-25-14-18(12-13-24(25)35-17-21-9-4-7-19-6-2-3-11-23(19)21)15-26-27(31)30(29(36)37-26)22-10-5-8-20(16-22)28(32)33/h2-16H,17H2,1H3,(H,32,33)/b26-15-. The average molecular weight is 528 g/mol. The van der Waals surface area contributed by atoms with Crippen LogP contribution >= 0.6 is 24.0 Å². The number of benzene rings is 4. The Kier molecular flexibility index (Phi) is 6.94. The number of ether oxygens (including phenoxy) is 2. The van der Waals surface area contributed by atoms with E-state index in [1.807, 2.05) is 36.4 Å². The van der Waals surface area contributed by atoms with Crippen molar-refractivity contribution in [3.05, 3.63) is 107 Å². The van der Waals surface area contributed by atoms with Gasteiger partial charge >= 0.3 is 5.97 Å². The lowest BCUT2D eigenvalue weighted by atomic mass is 10.1. The van der Waals surface area contributed by atoms with Crippen LogP contribution in [0.1, 0.15) is 21.5 Å². The van der Waals surface area contributed by atoms with Gasteiger partial charge in [0.05, 0.1) is 23.3 Å². The lowest BCUT2D eigenvalue weighted by Crippen LogP contribution is -2.27. The number of hydrogen-bond acceptors (Lipinski definition) is 6. The number of thioether (sulfide) groups is 1. The molecule has 4 aromatic rings. The lowest BCUT2D eigenvalue weighted by molar-refractivity contribution is -0.113. The van der Waals surface area contributed by atoms with Crippen molar-refractivity contribution in [1.29, 1.82) is 0 Å². The van der Waals surface area contributed by atoms with Crippen LogP contribution in [0.3, 0.4) is 0 Å². The van der Waals surface area contributed by atoms with Crippen molar-refractivity contribution < 1.29 is 24.2 Å². The molecule has 0 bridgehead atoms. The van der Waals surface area contributed by atoms with E-state index >= 15 is 0 Å². The van der Waals surface area contributed by atoms with Gasteiger partial charge in [-0.2, -0.15) is 0 Å². The van der Waals surface area contributed by atoms with Crippen LogP contribution in [-0.2, 0) is 11.4 Å². The first-order valence-corrected chi connectivity index (χ1v) is 12.6. The summed E-state index contributed by atoms with van der Waals surface area (Å²) < 4.78 is 12.0. The number of hydrogen-bond donors (Lipinski definition) is 1. The molecular formula is C29H21NO5S2. The van der Waals surface area contributed by atoms with Gasteiger partial charge in [-0.25, -0.2) is 4.79 Å². The fourth-order valence-electron chi connectivity index (χ4n) is 4.09. The number of anilines is 1. The molecule has 1 amide bonds. The Morgan fingerprint density at radius 2 is 1.78 bits per heavy atom. The zero-order valence-electron chi connectivity index (χ0n) is 19.7. The molecular weight excluding hydrogens is 506 g/mol. The molecule has 0 aromatic heterocycles. The molecule has 0 radical (unpaired) electrons. The van der Waals surface area contributed by atoms with Gasteiger partial charge in [0, 0.05) is 0 Å². The highest BCUT2D eigenvalue weighted by Crippen LogP contribution is 2.37. The smallest absolute Gasteiger partial charge is 0.335 e. The van der Waals surface area contributed by atoms with Crippen molar-refractivity contribution in [3.63, 3.8) is 0 Å². The van der Waals surface area contributed by atoms with E-state index in [2.05, 4.69) is 18.2 Å². The van der Waals surface area contributed by atoms with Crippen LogP contribution in [0.15, 0.2) is 89.8 Å². The summed E-state index contributed by atoms with van der Waals surface area (Å²) in [6.45, 7) is 0.380. The minimum atomic E-state index is -1.07. The molecule has 6 nitrogen and oxygen atoms in total. The normalized spacial score (nSPS) is 14.4. The van der Waals surface area contributed by atoms with Crippen molar-refractivity contribution in [1.82, 2.24) is 0 Å². The number of thiocarbonyl (C=S) groups is 1. The Morgan fingerprint density at radius 1 is 1.00 bits per heavy atom. The summed E-state index contributed by atoms with van der Waals surface area (Å²) in [4.78, 5) is 26.2. The van der Waals surface area contributed by atoms with Crippen LogP contribution in [0.2, 0.25) is 0 Å². The number of fused-ring (bicyclic) bond motifs is 1. The second-order valence-electron chi connectivity index (χ2n) is 8.21. The average Bonchev–Trinajstić information content (AvgIpc) is 3.19. The van der Waals surface area contributed by atoms with Crippen LogP contribution in [0.4, 0.5) is 5.69 Å². The fourth-order valence-corrected chi connectivity index (χ4v) is 5.39. The highest BCUT2D eigenvalue weighted by molar-refractivity contribution is 8.27. The third kappa shape index (κ3) is 5.07. The van der Waals surface area contributed by atoms with Crippen molar-refractivity contribution in [2.24, 2.45) is 0 Å². The minimum absolute atomic E-state index is 0.0827. The van der Waals surface area contributed by atoms with Crippen molar-refractivity contribution in [2.45, 2.75) is 6.61 Å². The van der Waals surface area contributed by atoms with Crippen LogP contribution in [0, 0.1) is 0 Å². The number of carbonyl (C=O) groups is 2. The van der Waals surface area contributed by atoms with E-state index < -0.39 is 5.97 Å². The van der Waals surface area contributed by atoms with E-state index in [-0.39, 0.29) is 11.5 Å². The van der Waals surface area contributed by atoms with E-state index in [0.29, 0.717) is 33.0 Å². The molecule has 0 saturated carbocycles. The van der Waals surface area contributed by atoms with E-state index in [1.165, 1.54) is 17.0 Å².